The van der Waals surface area contributed by atoms with Gasteiger partial charge in [-0.05, 0) is 49.1 Å². The van der Waals surface area contributed by atoms with Crippen LogP contribution in [0.5, 0.6) is 0 Å². The highest BCUT2D eigenvalue weighted by Gasteiger charge is 2.39. The SMILES string of the molecule is CN(CC(=O)N1CC(C(=O)Nc2ccccc2)CC1C#N)C(=O)C(Cc1ccc(F)cc1)NC(=O)NC1CC1. The number of nitriles is 1. The van der Waals surface area contributed by atoms with Gasteiger partial charge in [-0.1, -0.05) is 30.3 Å². The van der Waals surface area contributed by atoms with Gasteiger partial charge in [-0.25, -0.2) is 9.18 Å². The van der Waals surface area contributed by atoms with Crippen LogP contribution in [0, 0.1) is 23.1 Å². The molecule has 204 valence electrons. The molecule has 5 amide bonds. The van der Waals surface area contributed by atoms with Crippen molar-refractivity contribution < 1.29 is 23.6 Å². The Morgan fingerprint density at radius 3 is 2.44 bits per heavy atom. The summed E-state index contributed by atoms with van der Waals surface area (Å²) in [6.07, 6.45) is 2.04. The van der Waals surface area contributed by atoms with Gasteiger partial charge in [0.05, 0.1) is 18.5 Å². The first kappa shape index (κ1) is 27.6. The molecule has 0 aromatic heterocycles. The van der Waals surface area contributed by atoms with Gasteiger partial charge in [0, 0.05) is 31.7 Å². The summed E-state index contributed by atoms with van der Waals surface area (Å²) < 4.78 is 13.4. The van der Waals surface area contributed by atoms with Crippen LogP contribution in [0.3, 0.4) is 0 Å². The van der Waals surface area contributed by atoms with E-state index in [0.717, 1.165) is 12.8 Å². The Labute approximate surface area is 226 Å². The first-order valence-electron chi connectivity index (χ1n) is 12.8. The number of anilines is 1. The van der Waals surface area contributed by atoms with E-state index in [9.17, 15) is 28.8 Å². The number of hydrogen-bond acceptors (Lipinski definition) is 5. The number of hydrogen-bond donors (Lipinski definition) is 3. The van der Waals surface area contributed by atoms with Gasteiger partial charge in [0.25, 0.3) is 0 Å². The molecule has 2 aromatic rings. The van der Waals surface area contributed by atoms with E-state index < -0.39 is 41.7 Å². The zero-order valence-electron chi connectivity index (χ0n) is 21.6. The lowest BCUT2D eigenvalue weighted by Gasteiger charge is -2.27. The maximum absolute atomic E-state index is 13.4. The Hall–Kier alpha value is -4.46. The molecular formula is C28H31FN6O4. The van der Waals surface area contributed by atoms with E-state index in [4.69, 9.17) is 0 Å². The first-order valence-corrected chi connectivity index (χ1v) is 12.8. The fraction of sp³-hybridized carbons (Fsp3) is 0.393. The van der Waals surface area contributed by atoms with Crippen molar-refractivity contribution >= 4 is 29.4 Å². The van der Waals surface area contributed by atoms with Gasteiger partial charge >= 0.3 is 6.03 Å². The second-order valence-electron chi connectivity index (χ2n) is 9.95. The minimum absolute atomic E-state index is 0.0544. The minimum atomic E-state index is -0.998. The van der Waals surface area contributed by atoms with Crippen LogP contribution in [-0.4, -0.2) is 71.8 Å². The quantitative estimate of drug-likeness (QED) is 0.453. The van der Waals surface area contributed by atoms with E-state index >= 15 is 0 Å². The van der Waals surface area contributed by atoms with Crippen molar-refractivity contribution in [1.29, 1.82) is 5.26 Å². The van der Waals surface area contributed by atoms with Gasteiger partial charge in [0.2, 0.25) is 17.7 Å². The number of likely N-dealkylation sites (tertiary alicyclic amines) is 1. The molecule has 2 aromatic carbocycles. The van der Waals surface area contributed by atoms with Crippen molar-refractivity contribution in [3.8, 4) is 6.07 Å². The number of rotatable bonds is 9. The maximum Gasteiger partial charge on any atom is 0.315 e. The van der Waals surface area contributed by atoms with E-state index in [1.54, 1.807) is 24.3 Å². The van der Waals surface area contributed by atoms with E-state index in [0.29, 0.717) is 11.3 Å². The summed E-state index contributed by atoms with van der Waals surface area (Å²) in [5, 5.41) is 17.9. The van der Waals surface area contributed by atoms with Gasteiger partial charge < -0.3 is 25.8 Å². The lowest BCUT2D eigenvalue weighted by atomic mass is 10.0. The molecule has 0 radical (unpaired) electrons. The molecule has 1 aliphatic heterocycles. The second-order valence-corrected chi connectivity index (χ2v) is 9.95. The van der Waals surface area contributed by atoms with Crippen molar-refractivity contribution in [3.63, 3.8) is 0 Å². The summed E-state index contributed by atoms with van der Waals surface area (Å²) in [6.45, 7) is -0.283. The van der Waals surface area contributed by atoms with Crippen molar-refractivity contribution in [1.82, 2.24) is 20.4 Å². The van der Waals surface area contributed by atoms with E-state index in [-0.39, 0.29) is 37.9 Å². The van der Waals surface area contributed by atoms with E-state index in [1.165, 1.54) is 41.1 Å². The predicted octanol–water partition coefficient (Wildman–Crippen LogP) is 2.04. The molecule has 1 aliphatic carbocycles. The molecule has 2 aliphatic rings. The molecule has 2 fully saturated rings. The average Bonchev–Trinajstić information content (AvgIpc) is 3.62. The van der Waals surface area contributed by atoms with Crippen molar-refractivity contribution in [3.05, 3.63) is 66.0 Å². The smallest absolute Gasteiger partial charge is 0.315 e. The van der Waals surface area contributed by atoms with Gasteiger partial charge in [0.1, 0.15) is 17.9 Å². The largest absolute Gasteiger partial charge is 0.335 e. The third-order valence-electron chi connectivity index (χ3n) is 6.80. The monoisotopic (exact) mass is 534 g/mol. The van der Waals surface area contributed by atoms with Gasteiger partial charge in [-0.3, -0.25) is 14.4 Å². The number of nitrogens with zero attached hydrogens (tertiary/aromatic N) is 3. The summed E-state index contributed by atoms with van der Waals surface area (Å²) in [5.41, 5.74) is 1.26. The number of carbonyl (C=O) groups excluding carboxylic acids is 4. The normalized spacial score (nSPS) is 18.9. The predicted molar refractivity (Wildman–Crippen MR) is 141 cm³/mol. The fourth-order valence-corrected chi connectivity index (χ4v) is 4.50. The topological polar surface area (TPSA) is 135 Å². The number of urea groups is 1. The van der Waals surface area contributed by atoms with Crippen LogP contribution in [-0.2, 0) is 20.8 Å². The lowest BCUT2D eigenvalue weighted by Crippen LogP contribution is -2.53. The molecule has 0 bridgehead atoms. The molecule has 10 nitrogen and oxygen atoms in total. The molecule has 4 rings (SSSR count). The van der Waals surface area contributed by atoms with Crippen LogP contribution in [0.4, 0.5) is 14.9 Å². The minimum Gasteiger partial charge on any atom is -0.335 e. The highest BCUT2D eigenvalue weighted by atomic mass is 19.1. The van der Waals surface area contributed by atoms with Crippen molar-refractivity contribution in [2.24, 2.45) is 5.92 Å². The summed E-state index contributed by atoms with van der Waals surface area (Å²) in [6, 6.07) is 14.4. The zero-order valence-corrected chi connectivity index (χ0v) is 21.6. The highest BCUT2D eigenvalue weighted by molar-refractivity contribution is 5.94. The van der Waals surface area contributed by atoms with Crippen LogP contribution >= 0.6 is 0 Å². The standard InChI is InChI=1S/C28H31FN6O4/c1-34(27(38)24(33-28(39)32-22-11-12-22)13-18-7-9-20(29)10-8-18)17-25(36)35-16-19(14-23(35)15-30)26(37)31-21-5-3-2-4-6-21/h2-10,19,22-24H,11-14,16-17H2,1H3,(H,31,37)(H2,32,33,39). The Bertz CT molecular complexity index is 1240. The lowest BCUT2D eigenvalue weighted by molar-refractivity contribution is -0.140. The summed E-state index contributed by atoms with van der Waals surface area (Å²) in [4.78, 5) is 54.2. The summed E-state index contributed by atoms with van der Waals surface area (Å²) in [5.74, 6) is -2.26. The molecule has 39 heavy (non-hydrogen) atoms. The Morgan fingerprint density at radius 1 is 1.10 bits per heavy atom. The Morgan fingerprint density at radius 2 is 1.79 bits per heavy atom. The molecule has 1 saturated heterocycles. The average molecular weight is 535 g/mol. The van der Waals surface area contributed by atoms with E-state index in [2.05, 4.69) is 22.0 Å². The van der Waals surface area contributed by atoms with Crippen molar-refractivity contribution in [2.45, 2.75) is 43.8 Å². The second kappa shape index (κ2) is 12.4. The fourth-order valence-electron chi connectivity index (χ4n) is 4.50. The Balaban J connectivity index is 1.39. The number of amides is 5. The van der Waals surface area contributed by atoms with Crippen LogP contribution in [0.25, 0.3) is 0 Å². The number of carbonyl (C=O) groups is 4. The molecule has 3 N–H and O–H groups in total. The highest BCUT2D eigenvalue weighted by Crippen LogP contribution is 2.25. The van der Waals surface area contributed by atoms with Crippen LogP contribution in [0.1, 0.15) is 24.8 Å². The third-order valence-corrected chi connectivity index (χ3v) is 6.80. The zero-order chi connectivity index (χ0) is 27.9. The number of halogens is 1. The number of para-hydroxylation sites is 1. The molecule has 11 heteroatoms. The number of likely N-dealkylation sites (N-methyl/N-ethyl adjacent to an activating group) is 1. The maximum atomic E-state index is 13.4. The van der Waals surface area contributed by atoms with Gasteiger partial charge in [0.15, 0.2) is 0 Å². The summed E-state index contributed by atoms with van der Waals surface area (Å²) in [7, 11) is 1.44. The molecule has 3 atom stereocenters. The van der Waals surface area contributed by atoms with Crippen LogP contribution < -0.4 is 16.0 Å². The third kappa shape index (κ3) is 7.54. The molecule has 3 unspecified atom stereocenters. The van der Waals surface area contributed by atoms with Gasteiger partial charge in [-0.2, -0.15) is 5.26 Å². The molecule has 0 spiro atoms. The van der Waals surface area contributed by atoms with Crippen LogP contribution in [0.2, 0.25) is 0 Å². The molecular weight excluding hydrogens is 503 g/mol. The number of nitrogens with one attached hydrogen (secondary N) is 3. The number of benzene rings is 2. The van der Waals surface area contributed by atoms with Crippen LogP contribution in [0.15, 0.2) is 54.6 Å². The molecule has 1 saturated carbocycles. The Kier molecular flexibility index (Phi) is 8.76. The van der Waals surface area contributed by atoms with Gasteiger partial charge in [-0.15, -0.1) is 0 Å². The van der Waals surface area contributed by atoms with E-state index in [1.807, 2.05) is 6.07 Å². The van der Waals surface area contributed by atoms with Crippen molar-refractivity contribution in [2.75, 3.05) is 25.5 Å². The molecule has 1 heterocycles. The summed E-state index contributed by atoms with van der Waals surface area (Å²) >= 11 is 0. The first-order chi connectivity index (χ1) is 18.7.